The summed E-state index contributed by atoms with van der Waals surface area (Å²) in [6.07, 6.45) is 1.52. The normalized spacial score (nSPS) is 12.2. The molecule has 0 amide bonds. The predicted molar refractivity (Wildman–Crippen MR) is 69.2 cm³/mol. The Kier molecular flexibility index (Phi) is 4.43. The Labute approximate surface area is 109 Å². The molecule has 1 aromatic carbocycles. The van der Waals surface area contributed by atoms with Crippen LogP contribution in [0.25, 0.3) is 10.8 Å². The molecule has 1 heterocycles. The first kappa shape index (κ1) is 14.6. The van der Waals surface area contributed by atoms with Gasteiger partial charge in [0.05, 0.1) is 5.39 Å². The van der Waals surface area contributed by atoms with Crippen molar-refractivity contribution in [2.45, 2.75) is 13.0 Å². The van der Waals surface area contributed by atoms with Crippen molar-refractivity contribution in [1.29, 1.82) is 0 Å². The molecule has 0 aliphatic rings. The molecule has 0 radical (unpaired) electrons. The molecule has 0 aliphatic carbocycles. The van der Waals surface area contributed by atoms with Crippen molar-refractivity contribution in [2.24, 2.45) is 0 Å². The highest BCUT2D eigenvalue weighted by Crippen LogP contribution is 2.23. The number of aromatic nitrogens is 1. The zero-order valence-electron chi connectivity index (χ0n) is 9.88. The van der Waals surface area contributed by atoms with Gasteiger partial charge in [-0.25, -0.2) is 8.78 Å². The molecule has 98 valence electrons. The first-order valence-electron chi connectivity index (χ1n) is 5.22. The molecule has 3 nitrogen and oxygen atoms in total. The fourth-order valence-electron chi connectivity index (χ4n) is 1.82. The van der Waals surface area contributed by atoms with Gasteiger partial charge >= 0.3 is 0 Å². The molecule has 1 atom stereocenters. The predicted octanol–water partition coefficient (Wildman–Crippen LogP) is 2.51. The summed E-state index contributed by atoms with van der Waals surface area (Å²) >= 11 is 0. The lowest BCUT2D eigenvalue weighted by molar-refractivity contribution is 0.516. The van der Waals surface area contributed by atoms with Gasteiger partial charge in [0.2, 0.25) is 0 Å². The molecule has 0 fully saturated rings. The Bertz CT molecular complexity index is 627. The van der Waals surface area contributed by atoms with Crippen molar-refractivity contribution in [3.8, 4) is 0 Å². The third kappa shape index (κ3) is 2.23. The van der Waals surface area contributed by atoms with Gasteiger partial charge in [-0.05, 0) is 31.0 Å². The van der Waals surface area contributed by atoms with E-state index in [1.165, 1.54) is 12.3 Å². The lowest BCUT2D eigenvalue weighted by atomic mass is 10.0. The average molecular weight is 275 g/mol. The molecule has 0 saturated heterocycles. The van der Waals surface area contributed by atoms with Crippen LogP contribution in [0, 0.1) is 11.6 Å². The quantitative estimate of drug-likeness (QED) is 0.884. The second-order valence-corrected chi connectivity index (χ2v) is 3.87. The van der Waals surface area contributed by atoms with Crippen LogP contribution in [-0.4, -0.2) is 12.0 Å². The number of halogens is 3. The largest absolute Gasteiger partial charge is 0.328 e. The molecule has 2 rings (SSSR count). The highest BCUT2D eigenvalue weighted by Gasteiger charge is 2.15. The third-order valence-electron chi connectivity index (χ3n) is 2.89. The topological polar surface area (TPSA) is 44.9 Å². The van der Waals surface area contributed by atoms with Gasteiger partial charge in [-0.3, -0.25) is 4.79 Å². The molecule has 1 aromatic heterocycles. The third-order valence-corrected chi connectivity index (χ3v) is 2.89. The first-order valence-corrected chi connectivity index (χ1v) is 5.22. The average Bonchev–Trinajstić information content (AvgIpc) is 2.33. The highest BCUT2D eigenvalue weighted by atomic mass is 35.5. The van der Waals surface area contributed by atoms with Gasteiger partial charge in [-0.15, -0.1) is 12.4 Å². The van der Waals surface area contributed by atoms with Crippen LogP contribution in [0.5, 0.6) is 0 Å². The van der Waals surface area contributed by atoms with Crippen LogP contribution in [-0.2, 0) is 0 Å². The Balaban J connectivity index is 0.00000162. The van der Waals surface area contributed by atoms with Crippen LogP contribution in [0.1, 0.15) is 18.5 Å². The van der Waals surface area contributed by atoms with Gasteiger partial charge in [0.25, 0.3) is 5.56 Å². The fourth-order valence-corrected chi connectivity index (χ4v) is 1.82. The summed E-state index contributed by atoms with van der Waals surface area (Å²) in [7, 11) is 1.75. The Hall–Kier alpha value is -1.46. The number of hydrogen-bond acceptors (Lipinski definition) is 2. The van der Waals surface area contributed by atoms with Crippen LogP contribution >= 0.6 is 12.4 Å². The molecule has 0 aliphatic heterocycles. The maximum atomic E-state index is 13.6. The molecule has 18 heavy (non-hydrogen) atoms. The summed E-state index contributed by atoms with van der Waals surface area (Å²) < 4.78 is 26.7. The molecule has 2 aromatic rings. The number of aromatic amines is 1. The van der Waals surface area contributed by atoms with E-state index in [0.29, 0.717) is 5.39 Å². The smallest absolute Gasteiger partial charge is 0.258 e. The number of pyridine rings is 1. The van der Waals surface area contributed by atoms with Crippen molar-refractivity contribution in [2.75, 3.05) is 7.05 Å². The summed E-state index contributed by atoms with van der Waals surface area (Å²) in [4.78, 5) is 14.0. The molecule has 0 saturated carbocycles. The summed E-state index contributed by atoms with van der Waals surface area (Å²) in [5, 5.41) is 3.18. The highest BCUT2D eigenvalue weighted by molar-refractivity contribution is 5.86. The summed E-state index contributed by atoms with van der Waals surface area (Å²) in [5.41, 5.74) is 0.102. The molecule has 0 unspecified atom stereocenters. The Morgan fingerprint density at radius 2 is 2.00 bits per heavy atom. The number of rotatable bonds is 2. The monoisotopic (exact) mass is 274 g/mol. The van der Waals surface area contributed by atoms with Gasteiger partial charge in [-0.1, -0.05) is 6.07 Å². The second-order valence-electron chi connectivity index (χ2n) is 3.87. The molecular weight excluding hydrogens is 262 g/mol. The van der Waals surface area contributed by atoms with E-state index in [2.05, 4.69) is 10.3 Å². The first-order chi connectivity index (χ1) is 8.06. The minimum atomic E-state index is -1.10. The number of fused-ring (bicyclic) bond motifs is 1. The lowest BCUT2D eigenvalue weighted by Gasteiger charge is -2.13. The molecule has 0 bridgehead atoms. The lowest BCUT2D eigenvalue weighted by Crippen LogP contribution is -2.17. The minimum Gasteiger partial charge on any atom is -0.328 e. The van der Waals surface area contributed by atoms with Crippen LogP contribution in [0.2, 0.25) is 0 Å². The zero-order valence-corrected chi connectivity index (χ0v) is 10.7. The van der Waals surface area contributed by atoms with Crippen molar-refractivity contribution in [3.05, 3.63) is 45.9 Å². The van der Waals surface area contributed by atoms with Crippen molar-refractivity contribution in [3.63, 3.8) is 0 Å². The second kappa shape index (κ2) is 5.46. The molecule has 2 N–H and O–H groups in total. The molecular formula is C12H13ClF2N2O. The number of H-pyrrole nitrogens is 1. The number of hydrogen-bond donors (Lipinski definition) is 2. The Morgan fingerprint density at radius 3 is 2.61 bits per heavy atom. The molecule has 6 heteroatoms. The number of benzene rings is 1. The Morgan fingerprint density at radius 1 is 1.33 bits per heavy atom. The summed E-state index contributed by atoms with van der Waals surface area (Å²) in [6, 6.07) is 2.38. The minimum absolute atomic E-state index is 0. The summed E-state index contributed by atoms with van der Waals surface area (Å²) in [5.74, 6) is -2.12. The van der Waals surface area contributed by atoms with Crippen LogP contribution in [0.15, 0.2) is 23.1 Å². The van der Waals surface area contributed by atoms with E-state index in [-0.39, 0.29) is 23.8 Å². The van der Waals surface area contributed by atoms with Crippen LogP contribution in [0.4, 0.5) is 8.78 Å². The maximum Gasteiger partial charge on any atom is 0.258 e. The van der Waals surface area contributed by atoms with Crippen molar-refractivity contribution >= 4 is 23.2 Å². The summed E-state index contributed by atoms with van der Waals surface area (Å²) in [6.45, 7) is 1.87. The van der Waals surface area contributed by atoms with Gasteiger partial charge in [0.15, 0.2) is 11.6 Å². The fraction of sp³-hybridized carbons (Fsp3) is 0.250. The van der Waals surface area contributed by atoms with Crippen LogP contribution in [0.3, 0.4) is 0 Å². The van der Waals surface area contributed by atoms with Crippen LogP contribution < -0.4 is 10.9 Å². The van der Waals surface area contributed by atoms with Gasteiger partial charge < -0.3 is 10.3 Å². The standard InChI is InChI=1S/C12H12F2N2O.ClH/c1-6(15-2)8-5-16-12(17)10-7(8)3-4-9(13)11(10)14;/h3-6,15H,1-2H3,(H,16,17);1H/t6-;/m1./s1. The maximum absolute atomic E-state index is 13.6. The van der Waals surface area contributed by atoms with E-state index in [0.717, 1.165) is 11.6 Å². The van der Waals surface area contributed by atoms with E-state index in [4.69, 9.17) is 0 Å². The van der Waals surface area contributed by atoms with Gasteiger partial charge in [-0.2, -0.15) is 0 Å². The van der Waals surface area contributed by atoms with Crippen molar-refractivity contribution in [1.82, 2.24) is 10.3 Å². The van der Waals surface area contributed by atoms with E-state index in [1.807, 2.05) is 6.92 Å². The van der Waals surface area contributed by atoms with E-state index in [9.17, 15) is 13.6 Å². The van der Waals surface area contributed by atoms with E-state index in [1.54, 1.807) is 7.05 Å². The zero-order chi connectivity index (χ0) is 12.6. The van der Waals surface area contributed by atoms with E-state index >= 15 is 0 Å². The van der Waals surface area contributed by atoms with Gasteiger partial charge in [0, 0.05) is 12.2 Å². The molecule has 0 spiro atoms. The van der Waals surface area contributed by atoms with Crippen molar-refractivity contribution < 1.29 is 8.78 Å². The number of nitrogens with one attached hydrogen (secondary N) is 2. The van der Waals surface area contributed by atoms with E-state index < -0.39 is 17.2 Å². The SMILES string of the molecule is CN[C@H](C)c1c[nH]c(=O)c2c(F)c(F)ccc12.Cl. The van der Waals surface area contributed by atoms with Gasteiger partial charge in [0.1, 0.15) is 0 Å².